The van der Waals surface area contributed by atoms with Crippen LogP contribution in [0.4, 0.5) is 17.1 Å². The van der Waals surface area contributed by atoms with E-state index in [1.54, 1.807) is 36.4 Å². The molecule has 4 aromatic rings. The molecule has 0 aliphatic heterocycles. The molecule has 42 heavy (non-hydrogen) atoms. The average Bonchev–Trinajstić information content (AvgIpc) is 2.96. The van der Waals surface area contributed by atoms with Crippen molar-refractivity contribution < 1.29 is 31.1 Å². The van der Waals surface area contributed by atoms with Gasteiger partial charge in [0.05, 0.1) is 35.4 Å². The molecule has 4 aromatic carbocycles. The van der Waals surface area contributed by atoms with Crippen molar-refractivity contribution in [1.82, 2.24) is 0 Å². The zero-order valence-electron chi connectivity index (χ0n) is 22.9. The van der Waals surface area contributed by atoms with Crippen LogP contribution >= 0.6 is 11.6 Å². The van der Waals surface area contributed by atoms with Gasteiger partial charge in [0.2, 0.25) is 5.91 Å². The molecule has 0 atom stereocenters. The first-order valence-electron chi connectivity index (χ1n) is 12.4. The number of anilines is 3. The number of carbonyl (C=O) groups excluding carboxylic acids is 1. The fourth-order valence-electron chi connectivity index (χ4n) is 3.93. The van der Waals surface area contributed by atoms with E-state index in [9.17, 15) is 21.6 Å². The molecule has 0 bridgehead atoms. The van der Waals surface area contributed by atoms with E-state index in [1.165, 1.54) is 68.8 Å². The number of hydrogen-bond donors (Lipinski definition) is 2. The zero-order chi connectivity index (χ0) is 30.5. The Morgan fingerprint density at radius 1 is 0.833 bits per heavy atom. The Bertz CT molecular complexity index is 1800. The van der Waals surface area contributed by atoms with Gasteiger partial charge in [-0.25, -0.2) is 16.8 Å². The van der Waals surface area contributed by atoms with Crippen LogP contribution in [0.15, 0.2) is 101 Å². The smallest absolute Gasteiger partial charge is 0.264 e. The van der Waals surface area contributed by atoms with Gasteiger partial charge in [0, 0.05) is 16.8 Å². The van der Waals surface area contributed by atoms with Gasteiger partial charge in [-0.1, -0.05) is 35.4 Å². The molecule has 10 nitrogen and oxygen atoms in total. The number of amides is 1. The number of ether oxygens (including phenoxy) is 2. The van der Waals surface area contributed by atoms with E-state index in [1.807, 2.05) is 6.92 Å². The van der Waals surface area contributed by atoms with Crippen molar-refractivity contribution >= 4 is 54.6 Å². The van der Waals surface area contributed by atoms with Gasteiger partial charge in [0.1, 0.15) is 18.0 Å². The molecule has 0 fully saturated rings. The Balaban J connectivity index is 1.54. The summed E-state index contributed by atoms with van der Waals surface area (Å²) in [7, 11) is -5.29. The van der Waals surface area contributed by atoms with Crippen LogP contribution in [0.5, 0.6) is 11.5 Å². The molecule has 1 amide bonds. The van der Waals surface area contributed by atoms with E-state index < -0.39 is 32.5 Å². The monoisotopic (exact) mass is 629 g/mol. The third kappa shape index (κ3) is 7.14. The molecule has 0 aliphatic rings. The maximum atomic E-state index is 13.5. The standard InChI is InChI=1S/C29H28ClN3O7S2/c1-20-7-12-26(13-8-20)42(37,38)33(23-6-4-5-21(30)17-23)19-29(34)31-22-9-14-25(15-10-22)41(35,36)32-27-18-24(39-2)11-16-28(27)40-3/h4-18,32H,19H2,1-3H3,(H,31,34). The predicted octanol–water partition coefficient (Wildman–Crippen LogP) is 5.30. The summed E-state index contributed by atoms with van der Waals surface area (Å²) < 4.78 is 67.0. The van der Waals surface area contributed by atoms with E-state index >= 15 is 0 Å². The van der Waals surface area contributed by atoms with E-state index in [4.69, 9.17) is 21.1 Å². The summed E-state index contributed by atoms with van der Waals surface area (Å²) in [4.78, 5) is 13.0. The number of nitrogens with zero attached hydrogens (tertiary/aromatic N) is 1. The lowest BCUT2D eigenvalue weighted by Gasteiger charge is -2.24. The third-order valence-corrected chi connectivity index (χ3v) is 9.50. The van der Waals surface area contributed by atoms with Crippen LogP contribution in [0.1, 0.15) is 5.56 Å². The molecule has 0 spiro atoms. The Hall–Kier alpha value is -4.26. The molecule has 0 saturated heterocycles. The highest BCUT2D eigenvalue weighted by Gasteiger charge is 2.27. The van der Waals surface area contributed by atoms with E-state index in [2.05, 4.69) is 10.0 Å². The minimum Gasteiger partial charge on any atom is -0.497 e. The molecular formula is C29H28ClN3O7S2. The minimum absolute atomic E-state index is 0.00982. The Morgan fingerprint density at radius 2 is 1.50 bits per heavy atom. The van der Waals surface area contributed by atoms with Crippen LogP contribution in [0.25, 0.3) is 0 Å². The molecule has 4 rings (SSSR count). The third-order valence-electron chi connectivity index (χ3n) is 6.09. The Morgan fingerprint density at radius 3 is 2.12 bits per heavy atom. The van der Waals surface area contributed by atoms with Crippen molar-refractivity contribution in [3.8, 4) is 11.5 Å². The number of halogens is 1. The molecule has 0 aliphatic carbocycles. The SMILES string of the molecule is COc1ccc(OC)c(NS(=O)(=O)c2ccc(NC(=O)CN(c3cccc(Cl)c3)S(=O)(=O)c3ccc(C)cc3)cc2)c1. The molecule has 0 radical (unpaired) electrons. The second-order valence-electron chi connectivity index (χ2n) is 9.05. The summed E-state index contributed by atoms with van der Waals surface area (Å²) in [5.74, 6) is 0.0800. The summed E-state index contributed by atoms with van der Waals surface area (Å²) in [6, 6.07) is 22.5. The molecule has 2 N–H and O–H groups in total. The molecule has 13 heteroatoms. The summed E-state index contributed by atoms with van der Waals surface area (Å²) in [5, 5.41) is 2.92. The number of hydrogen-bond acceptors (Lipinski definition) is 7. The maximum absolute atomic E-state index is 13.5. The van der Waals surface area contributed by atoms with Gasteiger partial charge in [0.15, 0.2) is 0 Å². The van der Waals surface area contributed by atoms with Crippen LogP contribution in [0.3, 0.4) is 0 Å². The summed E-state index contributed by atoms with van der Waals surface area (Å²) in [6.45, 7) is 1.27. The topological polar surface area (TPSA) is 131 Å². The fraction of sp³-hybridized carbons (Fsp3) is 0.138. The number of carbonyl (C=O) groups is 1. The average molecular weight is 630 g/mol. The van der Waals surface area contributed by atoms with Gasteiger partial charge in [-0.05, 0) is 73.7 Å². The van der Waals surface area contributed by atoms with Gasteiger partial charge in [-0.2, -0.15) is 0 Å². The van der Waals surface area contributed by atoms with E-state index in [0.717, 1.165) is 9.87 Å². The highest BCUT2D eigenvalue weighted by Crippen LogP contribution is 2.31. The Kier molecular flexibility index (Phi) is 9.30. The molecule has 0 saturated carbocycles. The number of methoxy groups -OCH3 is 2. The number of rotatable bonds is 11. The van der Waals surface area contributed by atoms with Crippen molar-refractivity contribution in [2.75, 3.05) is 35.1 Å². The van der Waals surface area contributed by atoms with Crippen molar-refractivity contribution in [3.05, 3.63) is 102 Å². The van der Waals surface area contributed by atoms with Gasteiger partial charge in [-0.15, -0.1) is 0 Å². The number of nitrogens with one attached hydrogen (secondary N) is 2. The first-order chi connectivity index (χ1) is 19.9. The van der Waals surface area contributed by atoms with Crippen molar-refractivity contribution in [2.45, 2.75) is 16.7 Å². The molecule has 0 unspecified atom stereocenters. The molecule has 0 aromatic heterocycles. The Labute approximate surface area is 250 Å². The minimum atomic E-state index is -4.13. The summed E-state index contributed by atoms with van der Waals surface area (Å²) >= 11 is 6.12. The number of sulfonamides is 2. The quantitative estimate of drug-likeness (QED) is 0.230. The lowest BCUT2D eigenvalue weighted by Crippen LogP contribution is -2.38. The normalized spacial score (nSPS) is 11.4. The highest BCUT2D eigenvalue weighted by molar-refractivity contribution is 7.93. The van der Waals surface area contributed by atoms with Gasteiger partial charge >= 0.3 is 0 Å². The summed E-state index contributed by atoms with van der Waals surface area (Å²) in [6.07, 6.45) is 0. The van der Waals surface area contributed by atoms with Crippen LogP contribution in [-0.2, 0) is 24.8 Å². The van der Waals surface area contributed by atoms with Crippen molar-refractivity contribution in [3.63, 3.8) is 0 Å². The lowest BCUT2D eigenvalue weighted by atomic mass is 10.2. The zero-order valence-corrected chi connectivity index (χ0v) is 25.3. The number of aryl methyl sites for hydroxylation is 1. The van der Waals surface area contributed by atoms with Crippen molar-refractivity contribution in [1.29, 1.82) is 0 Å². The first-order valence-corrected chi connectivity index (χ1v) is 15.7. The van der Waals surface area contributed by atoms with Crippen LogP contribution in [0.2, 0.25) is 5.02 Å². The summed E-state index contributed by atoms with van der Waals surface area (Å²) in [5.41, 5.74) is 1.53. The van der Waals surface area contributed by atoms with Crippen LogP contribution in [-0.4, -0.2) is 43.5 Å². The van der Waals surface area contributed by atoms with Crippen LogP contribution < -0.4 is 23.8 Å². The highest BCUT2D eigenvalue weighted by atomic mass is 35.5. The molecular weight excluding hydrogens is 602 g/mol. The molecule has 0 heterocycles. The maximum Gasteiger partial charge on any atom is 0.264 e. The van der Waals surface area contributed by atoms with E-state index in [-0.39, 0.29) is 26.9 Å². The predicted molar refractivity (Wildman–Crippen MR) is 163 cm³/mol. The molecule has 220 valence electrons. The van der Waals surface area contributed by atoms with Gasteiger partial charge in [-0.3, -0.25) is 13.8 Å². The lowest BCUT2D eigenvalue weighted by molar-refractivity contribution is -0.114. The second-order valence-corrected chi connectivity index (χ2v) is 13.0. The van der Waals surface area contributed by atoms with E-state index in [0.29, 0.717) is 16.5 Å². The second kappa shape index (κ2) is 12.7. The van der Waals surface area contributed by atoms with Gasteiger partial charge < -0.3 is 14.8 Å². The number of benzene rings is 4. The fourth-order valence-corrected chi connectivity index (χ4v) is 6.59. The first kappa shape index (κ1) is 30.7. The van der Waals surface area contributed by atoms with Crippen molar-refractivity contribution in [2.24, 2.45) is 0 Å². The largest absolute Gasteiger partial charge is 0.497 e. The van der Waals surface area contributed by atoms with Crippen LogP contribution in [0, 0.1) is 6.92 Å². The van der Waals surface area contributed by atoms with Gasteiger partial charge in [0.25, 0.3) is 20.0 Å².